The number of aromatic nitrogens is 1. The fraction of sp³-hybridized carbons (Fsp3) is 0.368. The standard InChI is InChI=1S/C19H22FN3O2/c1-12(18(21)19(25)23-9-8-16(20)11-23)13-2-4-14(5-3-13)15-6-7-17(24)22-10-15/h2-7,10,12,16,18H,8-9,11,21H2,1H3,(H,22,24)/t12-,16-,18?/m0/s1. The number of alkyl halides is 1. The number of H-pyrrole nitrogens is 1. The monoisotopic (exact) mass is 343 g/mol. The molecule has 0 spiro atoms. The van der Waals surface area contributed by atoms with Gasteiger partial charge in [-0.15, -0.1) is 0 Å². The number of amides is 1. The van der Waals surface area contributed by atoms with E-state index in [9.17, 15) is 14.0 Å². The van der Waals surface area contributed by atoms with Gasteiger partial charge >= 0.3 is 0 Å². The van der Waals surface area contributed by atoms with Crippen LogP contribution in [0.25, 0.3) is 11.1 Å². The molecule has 1 unspecified atom stereocenters. The van der Waals surface area contributed by atoms with Gasteiger partial charge in [0.1, 0.15) is 6.17 Å². The van der Waals surface area contributed by atoms with Crippen molar-refractivity contribution in [1.82, 2.24) is 9.88 Å². The number of halogens is 1. The third-order valence-corrected chi connectivity index (χ3v) is 4.82. The van der Waals surface area contributed by atoms with Crippen molar-refractivity contribution in [3.05, 3.63) is 58.5 Å². The minimum Gasteiger partial charge on any atom is -0.338 e. The Kier molecular flexibility index (Phi) is 4.99. The first-order chi connectivity index (χ1) is 12.0. The predicted molar refractivity (Wildman–Crippen MR) is 95.0 cm³/mol. The summed E-state index contributed by atoms with van der Waals surface area (Å²) in [6.07, 6.45) is 1.11. The van der Waals surface area contributed by atoms with Crippen molar-refractivity contribution in [3.8, 4) is 11.1 Å². The summed E-state index contributed by atoms with van der Waals surface area (Å²) in [5.41, 5.74) is 8.81. The molecule has 1 aliphatic heterocycles. The van der Waals surface area contributed by atoms with E-state index < -0.39 is 12.2 Å². The molecule has 1 saturated heterocycles. The Hall–Kier alpha value is -2.47. The molecule has 3 atom stereocenters. The molecule has 0 bridgehead atoms. The molecule has 1 aliphatic rings. The van der Waals surface area contributed by atoms with Gasteiger partial charge in [-0.05, 0) is 29.2 Å². The second-order valence-electron chi connectivity index (χ2n) is 6.55. The van der Waals surface area contributed by atoms with Crippen molar-refractivity contribution >= 4 is 5.91 Å². The smallest absolute Gasteiger partial charge is 0.247 e. The number of hydrogen-bond donors (Lipinski definition) is 2. The van der Waals surface area contributed by atoms with Crippen LogP contribution in [0.4, 0.5) is 4.39 Å². The summed E-state index contributed by atoms with van der Waals surface area (Å²) in [6.45, 7) is 2.48. The minimum atomic E-state index is -0.942. The van der Waals surface area contributed by atoms with E-state index in [0.717, 1.165) is 16.7 Å². The van der Waals surface area contributed by atoms with Crippen LogP contribution in [0.2, 0.25) is 0 Å². The highest BCUT2D eigenvalue weighted by Crippen LogP contribution is 2.25. The van der Waals surface area contributed by atoms with E-state index in [1.807, 2.05) is 31.2 Å². The van der Waals surface area contributed by atoms with Crippen molar-refractivity contribution in [2.75, 3.05) is 13.1 Å². The Bertz CT molecular complexity index is 783. The lowest BCUT2D eigenvalue weighted by atomic mass is 9.91. The fourth-order valence-electron chi connectivity index (χ4n) is 3.12. The van der Waals surface area contributed by atoms with Crippen molar-refractivity contribution in [1.29, 1.82) is 0 Å². The first-order valence-electron chi connectivity index (χ1n) is 8.43. The maximum atomic E-state index is 13.3. The van der Waals surface area contributed by atoms with Crippen LogP contribution in [-0.4, -0.2) is 41.1 Å². The lowest BCUT2D eigenvalue weighted by Crippen LogP contribution is -2.45. The molecule has 0 aliphatic carbocycles. The molecular formula is C19H22FN3O2. The molecule has 0 radical (unpaired) electrons. The average molecular weight is 343 g/mol. The van der Waals surface area contributed by atoms with Gasteiger partial charge in [0, 0.05) is 24.7 Å². The molecule has 2 aromatic rings. The molecule has 1 aromatic carbocycles. The van der Waals surface area contributed by atoms with E-state index in [1.54, 1.807) is 12.3 Å². The molecule has 0 saturated carbocycles. The summed E-state index contributed by atoms with van der Waals surface area (Å²) in [4.78, 5) is 27.7. The van der Waals surface area contributed by atoms with Gasteiger partial charge in [-0.1, -0.05) is 31.2 Å². The lowest BCUT2D eigenvalue weighted by Gasteiger charge is -2.25. The molecule has 1 amide bonds. The predicted octanol–water partition coefficient (Wildman–Crippen LogP) is 2.04. The quantitative estimate of drug-likeness (QED) is 0.892. The number of aromatic amines is 1. The average Bonchev–Trinajstić information content (AvgIpc) is 3.07. The molecule has 132 valence electrons. The fourth-order valence-corrected chi connectivity index (χ4v) is 3.12. The lowest BCUT2D eigenvalue weighted by molar-refractivity contribution is -0.132. The van der Waals surface area contributed by atoms with E-state index in [-0.39, 0.29) is 23.9 Å². The highest BCUT2D eigenvalue weighted by atomic mass is 19.1. The van der Waals surface area contributed by atoms with Crippen LogP contribution in [-0.2, 0) is 4.79 Å². The Morgan fingerprint density at radius 2 is 1.92 bits per heavy atom. The number of carbonyl (C=O) groups is 1. The topological polar surface area (TPSA) is 79.2 Å². The summed E-state index contributed by atoms with van der Waals surface area (Å²) in [7, 11) is 0. The zero-order chi connectivity index (χ0) is 18.0. The maximum Gasteiger partial charge on any atom is 0.247 e. The highest BCUT2D eigenvalue weighted by molar-refractivity contribution is 5.83. The number of hydrogen-bond acceptors (Lipinski definition) is 3. The molecule has 1 fully saturated rings. The van der Waals surface area contributed by atoms with Crippen LogP contribution in [0.5, 0.6) is 0 Å². The maximum absolute atomic E-state index is 13.3. The molecule has 25 heavy (non-hydrogen) atoms. The van der Waals surface area contributed by atoms with Gasteiger partial charge in [0.05, 0.1) is 12.6 Å². The summed E-state index contributed by atoms with van der Waals surface area (Å²) >= 11 is 0. The second kappa shape index (κ2) is 7.19. The van der Waals surface area contributed by atoms with Crippen molar-refractivity contribution < 1.29 is 9.18 Å². The van der Waals surface area contributed by atoms with Gasteiger partial charge in [0.15, 0.2) is 0 Å². The zero-order valence-corrected chi connectivity index (χ0v) is 14.1. The molecule has 3 rings (SSSR count). The molecule has 3 N–H and O–H groups in total. The SMILES string of the molecule is C[C@@H](c1ccc(-c2ccc(=O)[nH]c2)cc1)C(N)C(=O)N1CC[C@H](F)C1. The molecule has 5 nitrogen and oxygen atoms in total. The Labute approximate surface area is 145 Å². The summed E-state index contributed by atoms with van der Waals surface area (Å²) in [5, 5.41) is 0. The van der Waals surface area contributed by atoms with Gasteiger partial charge in [-0.3, -0.25) is 9.59 Å². The Balaban J connectivity index is 1.71. The van der Waals surface area contributed by atoms with E-state index in [2.05, 4.69) is 4.98 Å². The van der Waals surface area contributed by atoms with Crippen LogP contribution in [0.15, 0.2) is 47.4 Å². The number of carbonyl (C=O) groups excluding carboxylic acids is 1. The van der Waals surface area contributed by atoms with Crippen molar-refractivity contribution in [3.63, 3.8) is 0 Å². The van der Waals surface area contributed by atoms with E-state index >= 15 is 0 Å². The normalized spacial score (nSPS) is 19.6. The number of nitrogens with one attached hydrogen (secondary N) is 1. The van der Waals surface area contributed by atoms with Gasteiger partial charge in [-0.25, -0.2) is 4.39 Å². The summed E-state index contributed by atoms with van der Waals surface area (Å²) in [5.74, 6) is -0.367. The van der Waals surface area contributed by atoms with Gasteiger partial charge in [-0.2, -0.15) is 0 Å². The zero-order valence-electron chi connectivity index (χ0n) is 14.1. The number of pyridine rings is 1. The van der Waals surface area contributed by atoms with Crippen LogP contribution >= 0.6 is 0 Å². The highest BCUT2D eigenvalue weighted by Gasteiger charge is 2.31. The number of rotatable bonds is 4. The van der Waals surface area contributed by atoms with Crippen molar-refractivity contribution in [2.45, 2.75) is 31.5 Å². The molecule has 2 heterocycles. The van der Waals surface area contributed by atoms with Gasteiger partial charge in [0.2, 0.25) is 11.5 Å². The summed E-state index contributed by atoms with van der Waals surface area (Å²) < 4.78 is 13.3. The summed E-state index contributed by atoms with van der Waals surface area (Å²) in [6, 6.07) is 10.3. The van der Waals surface area contributed by atoms with E-state index in [0.29, 0.717) is 13.0 Å². The third-order valence-electron chi connectivity index (χ3n) is 4.82. The minimum absolute atomic E-state index is 0.143. The van der Waals surface area contributed by atoms with Crippen LogP contribution in [0, 0.1) is 0 Å². The van der Waals surface area contributed by atoms with Gasteiger partial charge < -0.3 is 15.6 Å². The van der Waals surface area contributed by atoms with Crippen LogP contribution < -0.4 is 11.3 Å². The largest absolute Gasteiger partial charge is 0.338 e. The molecule has 6 heteroatoms. The number of benzene rings is 1. The molecular weight excluding hydrogens is 321 g/mol. The van der Waals surface area contributed by atoms with Crippen LogP contribution in [0.1, 0.15) is 24.8 Å². The number of nitrogens with two attached hydrogens (primary N) is 1. The van der Waals surface area contributed by atoms with Gasteiger partial charge in [0.25, 0.3) is 0 Å². The van der Waals surface area contributed by atoms with E-state index in [1.165, 1.54) is 11.0 Å². The van der Waals surface area contributed by atoms with Crippen molar-refractivity contribution in [2.24, 2.45) is 5.73 Å². The Morgan fingerprint density at radius 1 is 1.24 bits per heavy atom. The van der Waals surface area contributed by atoms with E-state index in [4.69, 9.17) is 5.73 Å². The number of likely N-dealkylation sites (tertiary alicyclic amines) is 1. The first kappa shape index (κ1) is 17.4. The third kappa shape index (κ3) is 3.79. The number of nitrogens with zero attached hydrogens (tertiary/aromatic N) is 1. The van der Waals surface area contributed by atoms with Crippen LogP contribution in [0.3, 0.4) is 0 Å². The molecule has 1 aromatic heterocycles. The second-order valence-corrected chi connectivity index (χ2v) is 6.55. The first-order valence-corrected chi connectivity index (χ1v) is 8.43. The Morgan fingerprint density at radius 3 is 2.48 bits per heavy atom.